The van der Waals surface area contributed by atoms with Crippen LogP contribution in [0.5, 0.6) is 57.5 Å². The van der Waals surface area contributed by atoms with Crippen molar-refractivity contribution in [2.75, 3.05) is 45.4 Å². The Morgan fingerprint density at radius 3 is 1.09 bits per heavy atom. The number of carboxylic acid groups (broad SMARTS) is 1. The zero-order valence-corrected chi connectivity index (χ0v) is 90.7. The van der Waals surface area contributed by atoms with Gasteiger partial charge in [0.25, 0.3) is 0 Å². The number of hydrogen-bond donors (Lipinski definition) is 9. The van der Waals surface area contributed by atoms with Gasteiger partial charge in [-0.2, -0.15) is 91.7 Å². The number of hydrogen-bond acceptors (Lipinski definition) is 25. The SMILES string of the molecule is C.C.CC1=CC(=O)C(C(F)(F)F)=CC1=O.CCOP(=O)(OCC)c1c(O)c(C)c(CC)c(O)c1C(F)(F)F.CCOP(OCC)OCC.CCO[P+](=O)[O-].CCS.Cc1c(C)c(O)c(P(=O)(O)O)c(C(F)(F)F)c1O.Cc1cc(O)c(C(F)(F)F)cc1O.Cc1cc(OCc2ccccc2)c(C(F)(F)F)cc1OCc1ccccc1.Ic1cc(OCc2ccccc2)c(I)cc1OCc1ccccc1.O=C([O-])C(F)(F)F.[Na+]. The van der Waals surface area contributed by atoms with Crippen LogP contribution in [0.3, 0.4) is 0 Å². The van der Waals surface area contributed by atoms with Gasteiger partial charge >= 0.3 is 98.7 Å². The molecule has 0 amide bonds. The van der Waals surface area contributed by atoms with E-state index in [2.05, 4.69) is 86.6 Å². The van der Waals surface area contributed by atoms with Crippen molar-refractivity contribution in [3.05, 3.63) is 266 Å². The Hall–Kier alpha value is -8.55. The number of halogens is 20. The minimum Gasteiger partial charge on any atom is -0.566 e. The average Bonchev–Trinajstić information content (AvgIpc) is 0.746. The van der Waals surface area contributed by atoms with E-state index in [-0.39, 0.29) is 129 Å². The molecule has 0 saturated carbocycles. The molecule has 26 nitrogen and oxygen atoms in total. The molecule has 0 aromatic heterocycles. The first-order valence-corrected chi connectivity index (χ1v) is 50.0. The van der Waals surface area contributed by atoms with E-state index in [0.717, 1.165) is 72.6 Å². The predicted octanol–water partition coefficient (Wildman–Crippen LogP) is 22.5. The standard InChI is InChI=1S/C22H19F3O2.C20H16I2O2.C14H20F3O5P.C9H10F3O5P.C8H7F3O2.C8H5F3O2.C6H15O3P.C2HF3O2.C2H5O3P.C2H6S.2CH4.Na/c1-16-12-21(27-15-18-10-6-3-7-11-18)19(22(23,24)25)13-20(16)26-14-17-8-4-2-5-9-17;21-17-12-20(24-14-16-9-5-2-6-10-16)18(22)11-19(17)23-13-15-7-3-1-4-8-15;1-5-9-8(4)11(18)13(10(12(9)19)14(15,16)17)23(20,21-6-2)22-7-3;1-3-4(2)7(14)8(18(15,16)17)5(6(3)13)9(10,11)12;2*1-4-2-7(13)5(3-6(4)12)8(9,10)11;1-4-7-10(8-5-2)9-6-3;3-2(4,5)1(6)7;1-2-5-6(3)4;1-2-3;;;/h2-13H,14-15H2,1H3;1-12H,13-14H2;18-19H,5-7H2,1-4H3;13-14H,1-2H3,(H2,15,16,17);2-3,12-13H,1H3;2-3H,1H3;4-6H2,1-3H3;(H,6,7);2H2,1H3;3H,2H2,1H3;2*1H4;/q;;;;;;;;;;;;+1/p-1. The van der Waals surface area contributed by atoms with Crippen molar-refractivity contribution < 1.29 is 233 Å². The minimum atomic E-state index is -5.39. The summed E-state index contributed by atoms with van der Waals surface area (Å²) in [7, 11) is -13.5. The molecule has 0 spiro atoms. The summed E-state index contributed by atoms with van der Waals surface area (Å²) in [6.45, 7) is 24.9. The molecule has 1 atom stereocenters. The topological polar surface area (TPSA) is 403 Å². The van der Waals surface area contributed by atoms with Crippen molar-refractivity contribution in [2.45, 2.75) is 182 Å². The van der Waals surface area contributed by atoms with Crippen molar-refractivity contribution in [1.82, 2.24) is 0 Å². The maximum Gasteiger partial charge on any atom is 1.00 e. The molecule has 9 aromatic rings. The molecular weight excluding hydrogens is 2330 g/mol. The number of carbonyl (C=O) groups excluding carboxylic acids is 3. The number of aliphatic carboxylic acids is 1. The van der Waals surface area contributed by atoms with E-state index in [4.69, 9.17) is 71.5 Å². The van der Waals surface area contributed by atoms with Gasteiger partial charge in [-0.05, 0) is 238 Å². The molecule has 1 aliphatic rings. The summed E-state index contributed by atoms with van der Waals surface area (Å²) in [5, 5.41) is 63.2. The van der Waals surface area contributed by atoms with E-state index in [1.165, 1.54) is 47.6 Å². The van der Waals surface area contributed by atoms with Crippen LogP contribution in [0.1, 0.15) is 155 Å². The van der Waals surface area contributed by atoms with Crippen molar-refractivity contribution in [2.24, 2.45) is 0 Å². The Bertz CT molecular complexity index is 5660. The fourth-order valence-corrected chi connectivity index (χ4v) is 16.2. The second-order valence-electron chi connectivity index (χ2n) is 28.3. The molecule has 0 aliphatic heterocycles. The van der Waals surface area contributed by atoms with Gasteiger partial charge in [-0.3, -0.25) is 18.7 Å². The molecule has 0 heterocycles. The van der Waals surface area contributed by atoms with E-state index in [1.807, 2.05) is 125 Å². The quantitative estimate of drug-likeness (QED) is 0.00439. The molecule has 10 rings (SSSR count). The number of thiol groups is 1. The van der Waals surface area contributed by atoms with E-state index >= 15 is 0 Å². The zero-order chi connectivity index (χ0) is 111. The number of alkyl halides is 18. The molecule has 0 bridgehead atoms. The Balaban J connectivity index is -0.00000163. The van der Waals surface area contributed by atoms with Gasteiger partial charge in [0, 0.05) is 17.2 Å². The summed E-state index contributed by atoms with van der Waals surface area (Å²) >= 11 is 8.37. The number of ketones is 2. The minimum absolute atomic E-state index is 0. The Morgan fingerprint density at radius 1 is 0.435 bits per heavy atom. The number of benzene rings is 9. The number of carbonyl (C=O) groups is 3. The summed E-state index contributed by atoms with van der Waals surface area (Å²) in [4.78, 5) is 57.6. The number of aromatic hydroxyl groups is 6. The van der Waals surface area contributed by atoms with Gasteiger partial charge < -0.3 is 96.8 Å². The van der Waals surface area contributed by atoms with Crippen LogP contribution in [-0.2, 0) is 113 Å². The number of allylic oxidation sites excluding steroid dienone is 4. The third kappa shape index (κ3) is 49.6. The fraction of sp³-hybridized carbons (Fsp3) is 0.358. The van der Waals surface area contributed by atoms with Gasteiger partial charge in [0.05, 0.1) is 46.8 Å². The number of rotatable bonds is 27. The third-order valence-corrected chi connectivity index (χ3v) is 24.5. The van der Waals surface area contributed by atoms with Gasteiger partial charge in [0.15, 0.2) is 11.6 Å². The molecule has 147 heavy (non-hydrogen) atoms. The molecular formula is C95H111F18I2NaO26P4S. The molecule has 0 radical (unpaired) electrons. The number of carboxylic acids is 1. The van der Waals surface area contributed by atoms with Crippen molar-refractivity contribution in [3.8, 4) is 57.5 Å². The van der Waals surface area contributed by atoms with Gasteiger partial charge in [-0.15, -0.1) is 4.52 Å². The van der Waals surface area contributed by atoms with Gasteiger partial charge in [-0.25, -0.2) is 0 Å². The second-order valence-corrected chi connectivity index (χ2v) is 36.7. The van der Waals surface area contributed by atoms with Crippen LogP contribution >= 0.6 is 89.9 Å². The Labute approximate surface area is 895 Å². The van der Waals surface area contributed by atoms with Gasteiger partial charge in [0.1, 0.15) is 128 Å². The summed E-state index contributed by atoms with van der Waals surface area (Å²) in [5.74, 6) is -7.94. The smallest absolute Gasteiger partial charge is 0.566 e. The zero-order valence-electron chi connectivity index (χ0n) is 79.9. The van der Waals surface area contributed by atoms with Crippen LogP contribution < -0.4 is 69.1 Å². The first-order valence-electron chi connectivity index (χ1n) is 41.8. The van der Waals surface area contributed by atoms with E-state index in [0.29, 0.717) is 56.8 Å². The first kappa shape index (κ1) is 143. The van der Waals surface area contributed by atoms with Crippen LogP contribution in [0.25, 0.3) is 0 Å². The van der Waals surface area contributed by atoms with Crippen LogP contribution in [0.2, 0.25) is 0 Å². The molecule has 52 heteroatoms. The van der Waals surface area contributed by atoms with Crippen LogP contribution in [0.4, 0.5) is 79.0 Å². The van der Waals surface area contributed by atoms with Crippen LogP contribution in [-0.4, -0.2) is 116 Å². The maximum atomic E-state index is 13.5. The van der Waals surface area contributed by atoms with Gasteiger partial charge in [0.2, 0.25) is 0 Å². The summed E-state index contributed by atoms with van der Waals surface area (Å²) < 4.78 is 311. The monoisotopic (exact) mass is 2440 g/mol. The molecule has 8 N–H and O–H groups in total. The van der Waals surface area contributed by atoms with Crippen molar-refractivity contribution in [1.29, 1.82) is 0 Å². The van der Waals surface area contributed by atoms with Gasteiger partial charge in [-0.1, -0.05) is 150 Å². The van der Waals surface area contributed by atoms with E-state index in [9.17, 15) is 128 Å². The summed E-state index contributed by atoms with van der Waals surface area (Å²) in [6, 6.07) is 46.6. The fourth-order valence-electron chi connectivity index (χ4n) is 11.0. The molecule has 9 aromatic carbocycles. The number of ether oxygens (including phenoxy) is 4. The first-order chi connectivity index (χ1) is 66.7. The Morgan fingerprint density at radius 2 is 0.782 bits per heavy atom. The summed E-state index contributed by atoms with van der Waals surface area (Å²) in [5.41, 5.74) is -2.72. The molecule has 1 unspecified atom stereocenters. The number of phenolic OH excluding ortho intramolecular Hbond substituents is 6. The number of aryl methyl sites for hydroxylation is 2. The van der Waals surface area contributed by atoms with Crippen LogP contribution in [0, 0.1) is 41.8 Å². The maximum absolute atomic E-state index is 13.5. The van der Waals surface area contributed by atoms with E-state index < -0.39 is 160 Å². The largest absolute Gasteiger partial charge is 1.00 e. The summed E-state index contributed by atoms with van der Waals surface area (Å²) in [6.07, 6.45) is -28.3. The van der Waals surface area contributed by atoms with Crippen molar-refractivity contribution in [3.63, 3.8) is 0 Å². The molecule has 0 saturated heterocycles. The Kier molecular flexibility index (Phi) is 65.6. The third-order valence-electron chi connectivity index (χ3n) is 17.7. The molecule has 0 fully saturated rings. The van der Waals surface area contributed by atoms with E-state index in [1.54, 1.807) is 26.0 Å². The predicted molar refractivity (Wildman–Crippen MR) is 529 cm³/mol. The number of phenols is 6. The normalized spacial score (nSPS) is 11.8. The van der Waals surface area contributed by atoms with Crippen molar-refractivity contribution >= 4 is 118 Å². The van der Waals surface area contributed by atoms with Crippen LogP contribution in [0.15, 0.2) is 181 Å². The molecule has 814 valence electrons. The second kappa shape index (κ2) is 67.7. The molecule has 1 aliphatic carbocycles. The average molecular weight is 2440 g/mol.